The summed E-state index contributed by atoms with van der Waals surface area (Å²) in [6, 6.07) is 5.52. The Kier molecular flexibility index (Phi) is 3.40. The second-order valence-electron chi connectivity index (χ2n) is 3.94. The van der Waals surface area contributed by atoms with E-state index in [1.54, 1.807) is 13.0 Å². The smallest absolute Gasteiger partial charge is 0.341 e. The summed E-state index contributed by atoms with van der Waals surface area (Å²) in [5.41, 5.74) is -0.544. The largest absolute Gasteiger partial charge is 0.477 e. The number of hydrogen-bond acceptors (Lipinski definition) is 2. The Morgan fingerprint density at radius 1 is 1.42 bits per heavy atom. The van der Waals surface area contributed by atoms with Crippen molar-refractivity contribution in [3.05, 3.63) is 62.8 Å². The van der Waals surface area contributed by atoms with E-state index in [0.717, 1.165) is 12.3 Å². The molecule has 0 bridgehead atoms. The molecule has 0 saturated heterocycles. The third kappa shape index (κ3) is 2.37. The van der Waals surface area contributed by atoms with Crippen LogP contribution in [-0.4, -0.2) is 15.6 Å². The maximum absolute atomic E-state index is 13.9. The number of aromatic carboxylic acids is 1. The summed E-state index contributed by atoms with van der Waals surface area (Å²) in [6.45, 7) is 1.58. The molecule has 1 aromatic carbocycles. The summed E-state index contributed by atoms with van der Waals surface area (Å²) in [6.07, 6.45) is 1.09. The second kappa shape index (κ2) is 4.85. The molecular formula is C13H9ClFNO3. The van der Waals surface area contributed by atoms with Crippen molar-refractivity contribution in [2.24, 2.45) is 0 Å². The molecule has 2 aromatic rings. The van der Waals surface area contributed by atoms with Gasteiger partial charge >= 0.3 is 5.97 Å². The Balaban J connectivity index is 2.76. The zero-order valence-corrected chi connectivity index (χ0v) is 10.6. The third-order valence-electron chi connectivity index (χ3n) is 2.66. The van der Waals surface area contributed by atoms with Crippen LogP contribution in [0.1, 0.15) is 16.1 Å². The highest BCUT2D eigenvalue weighted by Crippen LogP contribution is 2.22. The zero-order valence-electron chi connectivity index (χ0n) is 9.85. The summed E-state index contributed by atoms with van der Waals surface area (Å²) in [5, 5.41) is 8.84. The van der Waals surface area contributed by atoms with Gasteiger partial charge in [0.05, 0.1) is 10.7 Å². The Morgan fingerprint density at radius 2 is 2.11 bits per heavy atom. The van der Waals surface area contributed by atoms with Crippen LogP contribution < -0.4 is 5.43 Å². The summed E-state index contributed by atoms with van der Waals surface area (Å²) >= 11 is 5.68. The minimum atomic E-state index is -1.36. The van der Waals surface area contributed by atoms with Gasteiger partial charge < -0.3 is 9.67 Å². The number of carboxylic acid groups (broad SMARTS) is 1. The number of rotatable bonds is 2. The van der Waals surface area contributed by atoms with Crippen LogP contribution in [-0.2, 0) is 0 Å². The van der Waals surface area contributed by atoms with E-state index in [1.165, 1.54) is 16.7 Å². The molecule has 1 aromatic heterocycles. The van der Waals surface area contributed by atoms with E-state index in [4.69, 9.17) is 16.7 Å². The average Bonchev–Trinajstić information content (AvgIpc) is 2.33. The Bertz CT molecular complexity index is 724. The Labute approximate surface area is 112 Å². The first-order valence-electron chi connectivity index (χ1n) is 5.33. The van der Waals surface area contributed by atoms with E-state index >= 15 is 0 Å². The summed E-state index contributed by atoms with van der Waals surface area (Å²) < 4.78 is 15.2. The summed E-state index contributed by atoms with van der Waals surface area (Å²) in [4.78, 5) is 22.4. The van der Waals surface area contributed by atoms with Crippen molar-refractivity contribution in [3.8, 4) is 5.69 Å². The van der Waals surface area contributed by atoms with E-state index in [2.05, 4.69) is 0 Å². The molecule has 6 heteroatoms. The molecule has 0 unspecified atom stereocenters. The molecule has 0 fully saturated rings. The quantitative estimate of drug-likeness (QED) is 0.920. The van der Waals surface area contributed by atoms with Gasteiger partial charge in [-0.3, -0.25) is 4.79 Å². The van der Waals surface area contributed by atoms with E-state index in [9.17, 15) is 14.0 Å². The van der Waals surface area contributed by atoms with Crippen LogP contribution in [0.2, 0.25) is 5.02 Å². The predicted octanol–water partition coefficient (Wildman–Crippen LogP) is 2.64. The van der Waals surface area contributed by atoms with Gasteiger partial charge in [-0.1, -0.05) is 17.7 Å². The lowest BCUT2D eigenvalue weighted by Crippen LogP contribution is -2.18. The number of hydrogen-bond donors (Lipinski definition) is 1. The van der Waals surface area contributed by atoms with Gasteiger partial charge in [-0.15, -0.1) is 0 Å². The average molecular weight is 282 g/mol. The van der Waals surface area contributed by atoms with Crippen molar-refractivity contribution in [2.75, 3.05) is 0 Å². The SMILES string of the molecule is Cc1cc(=O)c(C(=O)O)cn1-c1cccc(Cl)c1F. The van der Waals surface area contributed by atoms with E-state index < -0.39 is 22.8 Å². The normalized spacial score (nSPS) is 10.5. The van der Waals surface area contributed by atoms with Crippen LogP contribution >= 0.6 is 11.6 Å². The number of carbonyl (C=O) groups is 1. The van der Waals surface area contributed by atoms with Crippen molar-refractivity contribution in [1.29, 1.82) is 0 Å². The zero-order chi connectivity index (χ0) is 14.2. The van der Waals surface area contributed by atoms with Crippen LogP contribution in [0.5, 0.6) is 0 Å². The molecule has 0 aliphatic carbocycles. The first-order chi connectivity index (χ1) is 8.91. The van der Waals surface area contributed by atoms with Gasteiger partial charge in [0, 0.05) is 18.0 Å². The van der Waals surface area contributed by atoms with Gasteiger partial charge in [0.25, 0.3) is 0 Å². The number of aromatic nitrogens is 1. The minimum absolute atomic E-state index is 0.0764. The van der Waals surface area contributed by atoms with Crippen LogP contribution in [0.25, 0.3) is 5.69 Å². The molecule has 0 atom stereocenters. The summed E-state index contributed by atoms with van der Waals surface area (Å²) in [7, 11) is 0. The number of benzene rings is 1. The van der Waals surface area contributed by atoms with Gasteiger partial charge in [-0.05, 0) is 19.1 Å². The monoisotopic (exact) mass is 281 g/mol. The van der Waals surface area contributed by atoms with Crippen LogP contribution in [0, 0.1) is 12.7 Å². The van der Waals surface area contributed by atoms with E-state index in [0.29, 0.717) is 5.69 Å². The number of aryl methyl sites for hydroxylation is 1. The van der Waals surface area contributed by atoms with E-state index in [1.807, 2.05) is 0 Å². The van der Waals surface area contributed by atoms with Crippen molar-refractivity contribution < 1.29 is 14.3 Å². The molecule has 1 heterocycles. The highest BCUT2D eigenvalue weighted by atomic mass is 35.5. The molecule has 0 spiro atoms. The maximum atomic E-state index is 13.9. The molecule has 0 radical (unpaired) electrons. The lowest BCUT2D eigenvalue weighted by atomic mass is 10.2. The number of halogens is 2. The Hall–Kier alpha value is -2.14. The van der Waals surface area contributed by atoms with Crippen molar-refractivity contribution >= 4 is 17.6 Å². The fraction of sp³-hybridized carbons (Fsp3) is 0.0769. The lowest BCUT2D eigenvalue weighted by molar-refractivity contribution is 0.0694. The van der Waals surface area contributed by atoms with Gasteiger partial charge in [-0.25, -0.2) is 9.18 Å². The van der Waals surface area contributed by atoms with Crippen LogP contribution in [0.15, 0.2) is 35.3 Å². The molecule has 0 amide bonds. The molecule has 1 N–H and O–H groups in total. The topological polar surface area (TPSA) is 59.3 Å². The third-order valence-corrected chi connectivity index (χ3v) is 2.96. The molecular weight excluding hydrogens is 273 g/mol. The number of carboxylic acids is 1. The summed E-state index contributed by atoms with van der Waals surface area (Å²) in [5.74, 6) is -2.03. The van der Waals surface area contributed by atoms with Gasteiger partial charge in [-0.2, -0.15) is 0 Å². The first-order valence-corrected chi connectivity index (χ1v) is 5.70. The van der Waals surface area contributed by atoms with Crippen molar-refractivity contribution in [2.45, 2.75) is 6.92 Å². The molecule has 98 valence electrons. The van der Waals surface area contributed by atoms with Crippen LogP contribution in [0.3, 0.4) is 0 Å². The molecule has 0 aliphatic rings. The highest BCUT2D eigenvalue weighted by molar-refractivity contribution is 6.30. The molecule has 0 aliphatic heterocycles. The molecule has 2 rings (SSSR count). The highest BCUT2D eigenvalue weighted by Gasteiger charge is 2.14. The lowest BCUT2D eigenvalue weighted by Gasteiger charge is -2.12. The minimum Gasteiger partial charge on any atom is -0.477 e. The maximum Gasteiger partial charge on any atom is 0.341 e. The molecule has 0 saturated carbocycles. The van der Waals surface area contributed by atoms with E-state index in [-0.39, 0.29) is 10.7 Å². The second-order valence-corrected chi connectivity index (χ2v) is 4.35. The number of nitrogens with zero attached hydrogens (tertiary/aromatic N) is 1. The van der Waals surface area contributed by atoms with Crippen LogP contribution in [0.4, 0.5) is 4.39 Å². The Morgan fingerprint density at radius 3 is 2.74 bits per heavy atom. The van der Waals surface area contributed by atoms with Gasteiger partial charge in [0.2, 0.25) is 0 Å². The first kappa shape index (κ1) is 13.3. The van der Waals surface area contributed by atoms with Crippen molar-refractivity contribution in [1.82, 2.24) is 4.57 Å². The van der Waals surface area contributed by atoms with Gasteiger partial charge in [0.1, 0.15) is 5.56 Å². The van der Waals surface area contributed by atoms with Gasteiger partial charge in [0.15, 0.2) is 11.2 Å². The predicted molar refractivity (Wildman–Crippen MR) is 68.7 cm³/mol. The fourth-order valence-corrected chi connectivity index (χ4v) is 1.90. The number of pyridine rings is 1. The fourth-order valence-electron chi connectivity index (χ4n) is 1.73. The van der Waals surface area contributed by atoms with Crippen molar-refractivity contribution in [3.63, 3.8) is 0 Å². The standard InChI is InChI=1S/C13H9ClFNO3/c1-7-5-11(17)8(13(18)19)6-16(7)10-4-2-3-9(14)12(10)15/h2-6H,1H3,(H,18,19). The molecule has 4 nitrogen and oxygen atoms in total. The molecule has 19 heavy (non-hydrogen) atoms.